The number of carbonyl (C=O) groups excluding carboxylic acids is 1. The number of halogens is 1. The molecular formula is C15H21FN2OS. The van der Waals surface area contributed by atoms with E-state index in [1.807, 2.05) is 11.8 Å². The van der Waals surface area contributed by atoms with Crippen molar-refractivity contribution < 1.29 is 9.18 Å². The first-order valence-electron chi connectivity index (χ1n) is 6.95. The minimum atomic E-state index is -0.546. The lowest BCUT2D eigenvalue weighted by molar-refractivity contribution is 0.0947. The molecule has 0 aromatic heterocycles. The molecule has 1 fully saturated rings. The number of rotatable bonds is 4. The zero-order valence-corrected chi connectivity index (χ0v) is 12.6. The Hall–Kier alpha value is -1.23. The predicted octanol–water partition coefficient (Wildman–Crippen LogP) is 3.20. The summed E-state index contributed by atoms with van der Waals surface area (Å²) < 4.78 is 13.5. The van der Waals surface area contributed by atoms with Crippen molar-refractivity contribution in [1.29, 1.82) is 0 Å². The molecule has 1 saturated carbocycles. The van der Waals surface area contributed by atoms with E-state index in [2.05, 4.69) is 11.6 Å². The Morgan fingerprint density at radius 3 is 2.75 bits per heavy atom. The third-order valence-electron chi connectivity index (χ3n) is 4.07. The lowest BCUT2D eigenvalue weighted by atomic mass is 9.88. The number of para-hydroxylation sites is 1. The molecule has 2 rings (SSSR count). The molecule has 5 heteroatoms. The third-order valence-corrected chi connectivity index (χ3v) is 5.49. The highest BCUT2D eigenvalue weighted by Gasteiger charge is 2.31. The van der Waals surface area contributed by atoms with Crippen molar-refractivity contribution in [2.24, 2.45) is 0 Å². The van der Waals surface area contributed by atoms with Gasteiger partial charge in [0.05, 0.1) is 11.3 Å². The monoisotopic (exact) mass is 296 g/mol. The summed E-state index contributed by atoms with van der Waals surface area (Å²) in [5.74, 6) is -0.837. The Balaban J connectivity index is 2.02. The molecule has 0 spiro atoms. The first-order chi connectivity index (χ1) is 9.58. The van der Waals surface area contributed by atoms with E-state index >= 15 is 0 Å². The van der Waals surface area contributed by atoms with Gasteiger partial charge >= 0.3 is 0 Å². The topological polar surface area (TPSA) is 55.1 Å². The van der Waals surface area contributed by atoms with Gasteiger partial charge in [-0.3, -0.25) is 4.79 Å². The highest BCUT2D eigenvalue weighted by Crippen LogP contribution is 2.38. The van der Waals surface area contributed by atoms with Crippen LogP contribution in [0.1, 0.15) is 42.5 Å². The fourth-order valence-corrected chi connectivity index (χ4v) is 3.63. The van der Waals surface area contributed by atoms with Crippen LogP contribution >= 0.6 is 11.8 Å². The van der Waals surface area contributed by atoms with Crippen molar-refractivity contribution in [3.8, 4) is 0 Å². The van der Waals surface area contributed by atoms with Crippen molar-refractivity contribution in [3.63, 3.8) is 0 Å². The van der Waals surface area contributed by atoms with Crippen LogP contribution in [-0.4, -0.2) is 23.5 Å². The zero-order chi connectivity index (χ0) is 14.6. The summed E-state index contributed by atoms with van der Waals surface area (Å²) in [7, 11) is 0. The Morgan fingerprint density at radius 1 is 1.40 bits per heavy atom. The van der Waals surface area contributed by atoms with Crippen LogP contribution in [0.15, 0.2) is 18.2 Å². The van der Waals surface area contributed by atoms with E-state index in [4.69, 9.17) is 5.73 Å². The van der Waals surface area contributed by atoms with Gasteiger partial charge in [0, 0.05) is 11.3 Å². The normalized spacial score (nSPS) is 17.7. The molecule has 3 nitrogen and oxygen atoms in total. The number of nitrogen functional groups attached to an aromatic ring is 1. The summed E-state index contributed by atoms with van der Waals surface area (Å²) in [6, 6.07) is 4.32. The number of amides is 1. The summed E-state index contributed by atoms with van der Waals surface area (Å²) >= 11 is 1.82. The quantitative estimate of drug-likeness (QED) is 0.839. The molecule has 3 N–H and O–H groups in total. The summed E-state index contributed by atoms with van der Waals surface area (Å²) in [5, 5.41) is 2.92. The number of carbonyl (C=O) groups is 1. The maximum absolute atomic E-state index is 13.4. The van der Waals surface area contributed by atoms with Gasteiger partial charge in [-0.05, 0) is 31.2 Å². The highest BCUT2D eigenvalue weighted by molar-refractivity contribution is 8.00. The highest BCUT2D eigenvalue weighted by atomic mass is 32.2. The fourth-order valence-electron chi connectivity index (χ4n) is 2.72. The van der Waals surface area contributed by atoms with Gasteiger partial charge in [0.1, 0.15) is 5.82 Å². The number of hydrogen-bond donors (Lipinski definition) is 2. The van der Waals surface area contributed by atoms with Gasteiger partial charge in [-0.25, -0.2) is 4.39 Å². The Labute approximate surface area is 123 Å². The molecule has 0 heterocycles. The molecule has 0 bridgehead atoms. The molecule has 20 heavy (non-hydrogen) atoms. The molecular weight excluding hydrogens is 275 g/mol. The summed E-state index contributed by atoms with van der Waals surface area (Å²) in [6.45, 7) is 0.614. The molecule has 0 unspecified atom stereocenters. The van der Waals surface area contributed by atoms with Gasteiger partial charge in [0.15, 0.2) is 0 Å². The second-order valence-corrected chi connectivity index (χ2v) is 6.61. The summed E-state index contributed by atoms with van der Waals surface area (Å²) in [5.41, 5.74) is 5.76. The molecule has 110 valence electrons. The van der Waals surface area contributed by atoms with E-state index in [1.54, 1.807) is 6.07 Å². The molecule has 0 radical (unpaired) electrons. The van der Waals surface area contributed by atoms with Crippen LogP contribution in [0.3, 0.4) is 0 Å². The van der Waals surface area contributed by atoms with Crippen molar-refractivity contribution in [2.45, 2.75) is 36.9 Å². The number of benzene rings is 1. The maximum Gasteiger partial charge on any atom is 0.253 e. The van der Waals surface area contributed by atoms with Crippen LogP contribution in [0.4, 0.5) is 10.1 Å². The van der Waals surface area contributed by atoms with Crippen LogP contribution < -0.4 is 11.1 Å². The van der Waals surface area contributed by atoms with Crippen LogP contribution in [-0.2, 0) is 0 Å². The van der Waals surface area contributed by atoms with Crippen molar-refractivity contribution in [3.05, 3.63) is 29.6 Å². The third kappa shape index (κ3) is 3.26. The second kappa shape index (κ2) is 6.48. The van der Waals surface area contributed by atoms with Gasteiger partial charge < -0.3 is 11.1 Å². The van der Waals surface area contributed by atoms with Crippen molar-refractivity contribution in [1.82, 2.24) is 5.32 Å². The van der Waals surface area contributed by atoms with Gasteiger partial charge in [-0.15, -0.1) is 0 Å². The predicted molar refractivity (Wildman–Crippen MR) is 82.5 cm³/mol. The van der Waals surface area contributed by atoms with Crippen LogP contribution in [0, 0.1) is 5.82 Å². The molecule has 0 atom stereocenters. The zero-order valence-electron chi connectivity index (χ0n) is 11.7. The largest absolute Gasteiger partial charge is 0.396 e. The lowest BCUT2D eigenvalue weighted by Gasteiger charge is -2.35. The van der Waals surface area contributed by atoms with E-state index in [0.29, 0.717) is 6.54 Å². The van der Waals surface area contributed by atoms with E-state index < -0.39 is 5.82 Å². The molecule has 1 aliphatic rings. The lowest BCUT2D eigenvalue weighted by Crippen LogP contribution is -2.42. The summed E-state index contributed by atoms with van der Waals surface area (Å²) in [6.07, 6.45) is 8.01. The standard InChI is InChI=1S/C15H21FN2OS/c1-20-15(8-3-2-4-9-15)10-18-14(19)11-6-5-7-12(16)13(11)17/h5-7H,2-4,8-10,17H2,1H3,(H,18,19). The number of nitrogens with two attached hydrogens (primary N) is 1. The summed E-state index contributed by atoms with van der Waals surface area (Å²) in [4.78, 5) is 12.2. The van der Waals surface area contributed by atoms with E-state index in [0.717, 1.165) is 12.8 Å². The molecule has 1 aliphatic carbocycles. The van der Waals surface area contributed by atoms with E-state index in [9.17, 15) is 9.18 Å². The molecule has 0 saturated heterocycles. The van der Waals surface area contributed by atoms with Gasteiger partial charge in [-0.2, -0.15) is 11.8 Å². The number of nitrogens with one attached hydrogen (secondary N) is 1. The smallest absolute Gasteiger partial charge is 0.253 e. The first kappa shape index (κ1) is 15.2. The van der Waals surface area contributed by atoms with E-state index in [1.165, 1.54) is 31.4 Å². The number of thioether (sulfide) groups is 1. The Bertz CT molecular complexity index is 487. The molecule has 1 aromatic carbocycles. The van der Waals surface area contributed by atoms with Gasteiger partial charge in [0.25, 0.3) is 5.91 Å². The number of hydrogen-bond acceptors (Lipinski definition) is 3. The minimum Gasteiger partial charge on any atom is -0.396 e. The Kier molecular flexibility index (Phi) is 4.91. The first-order valence-corrected chi connectivity index (χ1v) is 8.18. The van der Waals surface area contributed by atoms with Gasteiger partial charge in [-0.1, -0.05) is 25.3 Å². The Morgan fingerprint density at radius 2 is 2.10 bits per heavy atom. The second-order valence-electron chi connectivity index (χ2n) is 5.33. The minimum absolute atomic E-state index is 0.0770. The van der Waals surface area contributed by atoms with E-state index in [-0.39, 0.29) is 21.9 Å². The molecule has 1 amide bonds. The van der Waals surface area contributed by atoms with Gasteiger partial charge in [0.2, 0.25) is 0 Å². The molecule has 1 aromatic rings. The number of anilines is 1. The average molecular weight is 296 g/mol. The maximum atomic E-state index is 13.4. The van der Waals surface area contributed by atoms with Crippen molar-refractivity contribution in [2.75, 3.05) is 18.5 Å². The SMILES string of the molecule is CSC1(CNC(=O)c2cccc(F)c2N)CCCCC1. The van der Waals surface area contributed by atoms with Crippen molar-refractivity contribution >= 4 is 23.4 Å². The van der Waals surface area contributed by atoms with Crippen LogP contribution in [0.2, 0.25) is 0 Å². The fraction of sp³-hybridized carbons (Fsp3) is 0.533. The van der Waals surface area contributed by atoms with Crippen LogP contribution in [0.25, 0.3) is 0 Å². The van der Waals surface area contributed by atoms with Crippen LogP contribution in [0.5, 0.6) is 0 Å². The molecule has 0 aliphatic heterocycles. The average Bonchev–Trinajstić information content (AvgIpc) is 2.48.